The lowest BCUT2D eigenvalue weighted by atomic mass is 10.0. The summed E-state index contributed by atoms with van der Waals surface area (Å²) in [6.07, 6.45) is 3.26. The van der Waals surface area contributed by atoms with Crippen molar-refractivity contribution in [2.24, 2.45) is 0 Å². The van der Waals surface area contributed by atoms with Gasteiger partial charge >= 0.3 is 0 Å². The van der Waals surface area contributed by atoms with E-state index in [-0.39, 0.29) is 18.6 Å². The third-order valence-electron chi connectivity index (χ3n) is 5.28. The molecule has 1 saturated heterocycles. The molecule has 0 spiro atoms. The highest BCUT2D eigenvalue weighted by atomic mass is 16.5. The molecule has 1 unspecified atom stereocenters. The van der Waals surface area contributed by atoms with Crippen LogP contribution in [0.4, 0.5) is 0 Å². The molecule has 28 heavy (non-hydrogen) atoms. The summed E-state index contributed by atoms with van der Waals surface area (Å²) < 4.78 is 11.3. The highest BCUT2D eigenvalue weighted by molar-refractivity contribution is 5.77. The van der Waals surface area contributed by atoms with Crippen molar-refractivity contribution < 1.29 is 14.3 Å². The van der Waals surface area contributed by atoms with Gasteiger partial charge in [-0.05, 0) is 50.0 Å². The first-order chi connectivity index (χ1) is 13.7. The van der Waals surface area contributed by atoms with Crippen molar-refractivity contribution in [2.75, 3.05) is 33.4 Å². The van der Waals surface area contributed by atoms with Crippen molar-refractivity contribution in [3.8, 4) is 11.5 Å². The van der Waals surface area contributed by atoms with E-state index < -0.39 is 0 Å². The molecule has 1 aliphatic heterocycles. The maximum Gasteiger partial charge on any atom is 0.258 e. The molecule has 1 heterocycles. The van der Waals surface area contributed by atoms with Crippen LogP contribution in [0.15, 0.2) is 48.5 Å². The molecular weight excluding hydrogens is 352 g/mol. The summed E-state index contributed by atoms with van der Waals surface area (Å²) in [4.78, 5) is 14.9. The van der Waals surface area contributed by atoms with Gasteiger partial charge in [-0.1, -0.05) is 43.3 Å². The Morgan fingerprint density at radius 2 is 1.75 bits per heavy atom. The summed E-state index contributed by atoms with van der Waals surface area (Å²) in [6.45, 7) is 4.72. The van der Waals surface area contributed by atoms with Crippen LogP contribution in [-0.2, 0) is 11.2 Å². The molecule has 0 bridgehead atoms. The van der Waals surface area contributed by atoms with Gasteiger partial charge in [0.05, 0.1) is 13.2 Å². The van der Waals surface area contributed by atoms with E-state index in [1.54, 1.807) is 7.11 Å². The maximum atomic E-state index is 12.4. The fraction of sp³-hybridized carbons (Fsp3) is 0.435. The van der Waals surface area contributed by atoms with Crippen molar-refractivity contribution in [2.45, 2.75) is 32.2 Å². The number of benzene rings is 2. The van der Waals surface area contributed by atoms with Crippen molar-refractivity contribution in [3.05, 3.63) is 59.7 Å². The number of amides is 1. The molecule has 5 nitrogen and oxygen atoms in total. The lowest BCUT2D eigenvalue weighted by molar-refractivity contribution is -0.123. The maximum absolute atomic E-state index is 12.4. The highest BCUT2D eigenvalue weighted by Gasteiger charge is 2.26. The second-order valence-electron chi connectivity index (χ2n) is 7.05. The SMILES string of the molecule is CCc1ccccc1OCC(=O)NCC(c1ccccc1OC)N1CCCC1. The van der Waals surface area contributed by atoms with E-state index in [0.717, 1.165) is 42.1 Å². The predicted molar refractivity (Wildman–Crippen MR) is 111 cm³/mol. The lowest BCUT2D eigenvalue weighted by Gasteiger charge is -2.29. The van der Waals surface area contributed by atoms with Crippen LogP contribution in [0.5, 0.6) is 11.5 Å². The second kappa shape index (κ2) is 10.1. The summed E-state index contributed by atoms with van der Waals surface area (Å²) in [6, 6.07) is 16.0. The van der Waals surface area contributed by atoms with Crippen LogP contribution < -0.4 is 14.8 Å². The largest absolute Gasteiger partial charge is 0.496 e. The molecule has 150 valence electrons. The normalized spacial score (nSPS) is 15.2. The Hall–Kier alpha value is -2.53. The van der Waals surface area contributed by atoms with Crippen LogP contribution in [0.25, 0.3) is 0 Å². The minimum atomic E-state index is -0.106. The topological polar surface area (TPSA) is 50.8 Å². The number of aryl methyl sites for hydroxylation is 1. The standard InChI is InChI=1S/C23H30N2O3/c1-3-18-10-4-6-12-21(18)28-17-23(26)24-16-20(25-14-8-9-15-25)19-11-5-7-13-22(19)27-2/h4-7,10-13,20H,3,8-9,14-17H2,1-2H3,(H,24,26). The molecule has 5 heteroatoms. The number of hydrogen-bond donors (Lipinski definition) is 1. The summed E-state index contributed by atoms with van der Waals surface area (Å²) in [7, 11) is 1.69. The monoisotopic (exact) mass is 382 g/mol. The quantitative estimate of drug-likeness (QED) is 0.720. The fourth-order valence-electron chi connectivity index (χ4n) is 3.77. The Labute approximate surface area is 167 Å². The summed E-state index contributed by atoms with van der Waals surface area (Å²) in [5.74, 6) is 1.53. The smallest absolute Gasteiger partial charge is 0.258 e. The molecule has 0 radical (unpaired) electrons. The number of carbonyl (C=O) groups excluding carboxylic acids is 1. The summed E-state index contributed by atoms with van der Waals surface area (Å²) in [5.41, 5.74) is 2.23. The van der Waals surface area contributed by atoms with Crippen molar-refractivity contribution in [3.63, 3.8) is 0 Å². The number of rotatable bonds is 9. The number of hydrogen-bond acceptors (Lipinski definition) is 4. The molecule has 0 saturated carbocycles. The third-order valence-corrected chi connectivity index (χ3v) is 5.28. The highest BCUT2D eigenvalue weighted by Crippen LogP contribution is 2.31. The lowest BCUT2D eigenvalue weighted by Crippen LogP contribution is -2.38. The van der Waals surface area contributed by atoms with Crippen molar-refractivity contribution in [1.29, 1.82) is 0 Å². The number of nitrogens with one attached hydrogen (secondary N) is 1. The Kier molecular flexibility index (Phi) is 7.31. The number of para-hydroxylation sites is 2. The van der Waals surface area contributed by atoms with Crippen LogP contribution in [0.2, 0.25) is 0 Å². The zero-order valence-electron chi connectivity index (χ0n) is 16.8. The van der Waals surface area contributed by atoms with Gasteiger partial charge in [0, 0.05) is 12.1 Å². The molecule has 1 fully saturated rings. The van der Waals surface area contributed by atoms with Crippen LogP contribution in [0.1, 0.15) is 36.9 Å². The van der Waals surface area contributed by atoms with E-state index >= 15 is 0 Å². The molecule has 1 amide bonds. The van der Waals surface area contributed by atoms with Gasteiger partial charge in [0.1, 0.15) is 11.5 Å². The van der Waals surface area contributed by atoms with Crippen LogP contribution in [0, 0.1) is 0 Å². The van der Waals surface area contributed by atoms with Gasteiger partial charge < -0.3 is 14.8 Å². The van der Waals surface area contributed by atoms with Gasteiger partial charge in [-0.15, -0.1) is 0 Å². The van der Waals surface area contributed by atoms with Crippen LogP contribution >= 0.6 is 0 Å². The van der Waals surface area contributed by atoms with E-state index in [2.05, 4.69) is 23.2 Å². The summed E-state index contributed by atoms with van der Waals surface area (Å²) >= 11 is 0. The molecule has 1 N–H and O–H groups in total. The van der Waals surface area contributed by atoms with E-state index in [0.29, 0.717) is 6.54 Å². The molecule has 2 aromatic rings. The van der Waals surface area contributed by atoms with Crippen molar-refractivity contribution >= 4 is 5.91 Å². The number of carbonyl (C=O) groups is 1. The van der Waals surface area contributed by atoms with E-state index in [4.69, 9.17) is 9.47 Å². The van der Waals surface area contributed by atoms with Crippen molar-refractivity contribution in [1.82, 2.24) is 10.2 Å². The molecule has 3 rings (SSSR count). The van der Waals surface area contributed by atoms with Crippen LogP contribution in [-0.4, -0.2) is 44.2 Å². The van der Waals surface area contributed by atoms with Gasteiger partial charge in [-0.3, -0.25) is 9.69 Å². The zero-order chi connectivity index (χ0) is 19.8. The van der Waals surface area contributed by atoms with E-state index in [1.807, 2.05) is 42.5 Å². The first-order valence-electron chi connectivity index (χ1n) is 10.1. The molecular formula is C23H30N2O3. The van der Waals surface area contributed by atoms with Gasteiger partial charge in [-0.25, -0.2) is 0 Å². The molecule has 2 aromatic carbocycles. The van der Waals surface area contributed by atoms with Gasteiger partial charge in [0.25, 0.3) is 5.91 Å². The fourth-order valence-corrected chi connectivity index (χ4v) is 3.77. The van der Waals surface area contributed by atoms with E-state index in [1.165, 1.54) is 12.8 Å². The van der Waals surface area contributed by atoms with Crippen LogP contribution in [0.3, 0.4) is 0 Å². The second-order valence-corrected chi connectivity index (χ2v) is 7.05. The first kappa shape index (κ1) is 20.2. The third kappa shape index (κ3) is 5.04. The number of likely N-dealkylation sites (tertiary alicyclic amines) is 1. The summed E-state index contributed by atoms with van der Waals surface area (Å²) in [5, 5.41) is 3.06. The number of ether oxygens (including phenoxy) is 2. The average molecular weight is 383 g/mol. The van der Waals surface area contributed by atoms with E-state index in [9.17, 15) is 4.79 Å². The predicted octanol–water partition coefficient (Wildman–Crippen LogP) is 3.59. The molecule has 0 aliphatic carbocycles. The Morgan fingerprint density at radius 1 is 1.07 bits per heavy atom. The Bertz CT molecular complexity index is 772. The molecule has 0 aromatic heterocycles. The van der Waals surface area contributed by atoms with Gasteiger partial charge in [0.15, 0.2) is 6.61 Å². The van der Waals surface area contributed by atoms with Gasteiger partial charge in [0.2, 0.25) is 0 Å². The number of methoxy groups -OCH3 is 1. The Balaban J connectivity index is 1.62. The minimum Gasteiger partial charge on any atom is -0.496 e. The molecule has 1 aliphatic rings. The first-order valence-corrected chi connectivity index (χ1v) is 10.1. The van der Waals surface area contributed by atoms with Gasteiger partial charge in [-0.2, -0.15) is 0 Å². The zero-order valence-corrected chi connectivity index (χ0v) is 16.8. The minimum absolute atomic E-state index is 0.0235. The number of nitrogens with zero attached hydrogens (tertiary/aromatic N) is 1. The molecule has 1 atom stereocenters. The Morgan fingerprint density at radius 3 is 2.46 bits per heavy atom. The average Bonchev–Trinajstić information content (AvgIpc) is 3.27.